The van der Waals surface area contributed by atoms with Gasteiger partial charge in [-0.05, 0) is 46.7 Å². The molecule has 0 aliphatic carbocycles. The molecule has 1 fully saturated rings. The van der Waals surface area contributed by atoms with Gasteiger partial charge in [-0.25, -0.2) is 0 Å². The summed E-state index contributed by atoms with van der Waals surface area (Å²) in [5.74, 6) is -0.248. The zero-order chi connectivity index (χ0) is 20.5. The molecule has 0 aromatic heterocycles. The van der Waals surface area contributed by atoms with Crippen LogP contribution in [0.25, 0.3) is 0 Å². The van der Waals surface area contributed by atoms with E-state index in [0.29, 0.717) is 65.6 Å². The van der Waals surface area contributed by atoms with E-state index in [1.54, 1.807) is 0 Å². The Balaban J connectivity index is 1.72. The molecule has 0 aromatic carbocycles. The van der Waals surface area contributed by atoms with E-state index >= 15 is 0 Å². The molecule has 1 heterocycles. The molecule has 166 valence electrons. The fourth-order valence-corrected chi connectivity index (χ4v) is 2.55. The third-order valence-corrected chi connectivity index (χ3v) is 3.85. The molecule has 0 radical (unpaired) electrons. The van der Waals surface area contributed by atoms with Gasteiger partial charge in [0.1, 0.15) is 5.60 Å². The van der Waals surface area contributed by atoms with Crippen molar-refractivity contribution in [3.05, 3.63) is 0 Å². The van der Waals surface area contributed by atoms with Crippen LogP contribution in [0.4, 0.5) is 0 Å². The van der Waals surface area contributed by atoms with E-state index in [4.69, 9.17) is 28.4 Å². The van der Waals surface area contributed by atoms with Crippen LogP contribution in [0.1, 0.15) is 40.0 Å². The van der Waals surface area contributed by atoms with Crippen LogP contribution in [0.2, 0.25) is 0 Å². The lowest BCUT2D eigenvalue weighted by atomic mass is 10.1. The Morgan fingerprint density at radius 3 is 1.75 bits per heavy atom. The first-order chi connectivity index (χ1) is 13.5. The van der Waals surface area contributed by atoms with Crippen LogP contribution in [0.5, 0.6) is 0 Å². The van der Waals surface area contributed by atoms with Crippen molar-refractivity contribution >= 4 is 5.97 Å². The summed E-state index contributed by atoms with van der Waals surface area (Å²) >= 11 is 0. The third-order valence-electron chi connectivity index (χ3n) is 3.85. The highest BCUT2D eigenvalue weighted by atomic mass is 16.6. The van der Waals surface area contributed by atoms with Gasteiger partial charge in [0, 0.05) is 0 Å². The molecule has 0 spiro atoms. The number of hydrogen-bond donors (Lipinski definition) is 1. The van der Waals surface area contributed by atoms with Gasteiger partial charge in [-0.15, -0.1) is 0 Å². The van der Waals surface area contributed by atoms with Crippen LogP contribution in [0.15, 0.2) is 0 Å². The van der Waals surface area contributed by atoms with Crippen molar-refractivity contribution < 1.29 is 33.2 Å². The van der Waals surface area contributed by atoms with Crippen molar-refractivity contribution in [3.63, 3.8) is 0 Å². The van der Waals surface area contributed by atoms with Gasteiger partial charge in [0.25, 0.3) is 0 Å². The summed E-state index contributed by atoms with van der Waals surface area (Å²) in [5, 5.41) is 3.32. The molecular formula is C20H39NO7. The fourth-order valence-electron chi connectivity index (χ4n) is 2.55. The molecule has 1 N–H and O–H groups in total. The fraction of sp³-hybridized carbons (Fsp3) is 0.950. The van der Waals surface area contributed by atoms with E-state index in [2.05, 4.69) is 5.32 Å². The van der Waals surface area contributed by atoms with Gasteiger partial charge in [0.15, 0.2) is 0 Å². The summed E-state index contributed by atoms with van der Waals surface area (Å²) in [6.07, 6.45) is 2.79. The van der Waals surface area contributed by atoms with Crippen LogP contribution in [0, 0.1) is 0 Å². The molecule has 0 unspecified atom stereocenters. The Bertz CT molecular complexity index is 381. The van der Waals surface area contributed by atoms with Gasteiger partial charge in [-0.1, -0.05) is 0 Å². The first-order valence-electron chi connectivity index (χ1n) is 10.3. The zero-order valence-electron chi connectivity index (χ0n) is 17.8. The molecule has 1 aliphatic heterocycles. The molecule has 0 bridgehead atoms. The molecule has 0 amide bonds. The zero-order valence-corrected chi connectivity index (χ0v) is 17.8. The Hall–Kier alpha value is -0.770. The van der Waals surface area contributed by atoms with E-state index in [9.17, 15) is 4.79 Å². The van der Waals surface area contributed by atoms with Crippen LogP contribution in [0.3, 0.4) is 0 Å². The van der Waals surface area contributed by atoms with Crippen LogP contribution in [-0.2, 0) is 33.2 Å². The van der Waals surface area contributed by atoms with Crippen LogP contribution >= 0.6 is 0 Å². The van der Waals surface area contributed by atoms with Crippen molar-refractivity contribution in [1.82, 2.24) is 5.32 Å². The number of carbonyl (C=O) groups is 1. The first kappa shape index (κ1) is 25.3. The van der Waals surface area contributed by atoms with Gasteiger partial charge in [-0.3, -0.25) is 4.79 Å². The normalized spacial score (nSPS) is 15.7. The minimum Gasteiger partial charge on any atom is -0.460 e. The maximum atomic E-state index is 11.5. The Morgan fingerprint density at radius 2 is 1.25 bits per heavy atom. The minimum atomic E-state index is -0.453. The molecule has 0 atom stereocenters. The maximum absolute atomic E-state index is 11.5. The van der Waals surface area contributed by atoms with Crippen LogP contribution < -0.4 is 5.32 Å². The van der Waals surface area contributed by atoms with E-state index in [-0.39, 0.29) is 12.4 Å². The molecule has 28 heavy (non-hydrogen) atoms. The lowest BCUT2D eigenvalue weighted by Crippen LogP contribution is -2.33. The van der Waals surface area contributed by atoms with Gasteiger partial charge >= 0.3 is 5.97 Å². The van der Waals surface area contributed by atoms with E-state index in [1.165, 1.54) is 0 Å². The highest BCUT2D eigenvalue weighted by Gasteiger charge is 2.15. The molecular weight excluding hydrogens is 366 g/mol. The minimum absolute atomic E-state index is 0.248. The van der Waals surface area contributed by atoms with Gasteiger partial charge in [0.2, 0.25) is 0 Å². The highest BCUT2D eigenvalue weighted by Crippen LogP contribution is 2.08. The highest BCUT2D eigenvalue weighted by molar-refractivity contribution is 5.69. The Kier molecular flexibility index (Phi) is 14.5. The van der Waals surface area contributed by atoms with E-state index in [1.807, 2.05) is 20.8 Å². The number of carbonyl (C=O) groups excluding carboxylic acids is 1. The van der Waals surface area contributed by atoms with Crippen molar-refractivity contribution in [2.75, 3.05) is 72.6 Å². The number of piperidine rings is 1. The number of nitrogens with one attached hydrogen (secondary N) is 1. The first-order valence-corrected chi connectivity index (χ1v) is 10.3. The summed E-state index contributed by atoms with van der Waals surface area (Å²) in [4.78, 5) is 11.5. The third kappa shape index (κ3) is 16.2. The average Bonchev–Trinajstić information content (AvgIpc) is 2.64. The number of hydrogen-bond acceptors (Lipinski definition) is 8. The maximum Gasteiger partial charge on any atom is 0.308 e. The second-order valence-electron chi connectivity index (χ2n) is 7.61. The topological polar surface area (TPSA) is 84.5 Å². The van der Waals surface area contributed by atoms with Gasteiger partial charge in [-0.2, -0.15) is 0 Å². The number of ether oxygens (including phenoxy) is 6. The Morgan fingerprint density at radius 1 is 0.786 bits per heavy atom. The van der Waals surface area contributed by atoms with Crippen molar-refractivity contribution in [2.24, 2.45) is 0 Å². The van der Waals surface area contributed by atoms with Crippen molar-refractivity contribution in [3.8, 4) is 0 Å². The molecule has 1 aliphatic rings. The van der Waals surface area contributed by atoms with Crippen molar-refractivity contribution in [2.45, 2.75) is 51.7 Å². The lowest BCUT2D eigenvalue weighted by molar-refractivity contribution is -0.156. The lowest BCUT2D eigenvalue weighted by Gasteiger charge is -2.22. The molecule has 8 nitrogen and oxygen atoms in total. The molecule has 1 saturated heterocycles. The predicted octanol–water partition coefficient (Wildman–Crippen LogP) is 1.55. The molecule has 0 saturated carbocycles. The number of rotatable bonds is 16. The van der Waals surface area contributed by atoms with E-state index in [0.717, 1.165) is 25.9 Å². The standard InChI is InChI=1S/C20H39NO7/c1-20(2,3)28-19(22)6-9-23-10-11-24-12-13-25-14-15-26-16-17-27-18-4-7-21-8-5-18/h18,21H,4-17H2,1-3H3. The number of esters is 1. The van der Waals surface area contributed by atoms with Gasteiger partial charge in [0.05, 0.1) is 72.0 Å². The largest absolute Gasteiger partial charge is 0.460 e. The molecule has 1 rings (SSSR count). The summed E-state index contributed by atoms with van der Waals surface area (Å²) in [7, 11) is 0. The summed E-state index contributed by atoms with van der Waals surface area (Å²) < 4.78 is 32.6. The van der Waals surface area contributed by atoms with Gasteiger partial charge < -0.3 is 33.7 Å². The second kappa shape index (κ2) is 16.1. The average molecular weight is 406 g/mol. The SMILES string of the molecule is CC(C)(C)OC(=O)CCOCCOCCOCCOCCOC1CCNCC1. The summed E-state index contributed by atoms with van der Waals surface area (Å²) in [6.45, 7) is 12.3. The van der Waals surface area contributed by atoms with E-state index < -0.39 is 5.60 Å². The quantitative estimate of drug-likeness (QED) is 0.306. The summed E-state index contributed by atoms with van der Waals surface area (Å²) in [5.41, 5.74) is -0.453. The monoisotopic (exact) mass is 405 g/mol. The second-order valence-corrected chi connectivity index (χ2v) is 7.61. The van der Waals surface area contributed by atoms with Crippen LogP contribution in [-0.4, -0.2) is 90.2 Å². The molecule has 0 aromatic rings. The summed E-state index contributed by atoms with van der Waals surface area (Å²) in [6, 6.07) is 0. The Labute approximate surface area is 169 Å². The van der Waals surface area contributed by atoms with Crippen molar-refractivity contribution in [1.29, 1.82) is 0 Å². The molecule has 8 heteroatoms. The smallest absolute Gasteiger partial charge is 0.308 e. The predicted molar refractivity (Wildman–Crippen MR) is 106 cm³/mol.